The Morgan fingerprint density at radius 2 is 2.25 bits per heavy atom. The molecular weight excluding hydrogens is 160 g/mol. The molecule has 4 heteroatoms. The van der Waals surface area contributed by atoms with Crippen molar-refractivity contribution in [2.45, 2.75) is 0 Å². The quantitative estimate of drug-likeness (QED) is 0.411. The average Bonchev–Trinajstić information content (AvgIpc) is 2.03. The van der Waals surface area contributed by atoms with Crippen LogP contribution in [0.1, 0.15) is 10.4 Å². The van der Waals surface area contributed by atoms with E-state index in [1.807, 2.05) is 0 Å². The summed E-state index contributed by atoms with van der Waals surface area (Å²) in [6, 6.07) is 5.91. The first-order chi connectivity index (χ1) is 5.72. The second kappa shape index (κ2) is 3.52. The Hall–Kier alpha value is -1.84. The number of hydrogen-bond donors (Lipinski definition) is 1. The molecule has 0 bridgehead atoms. The van der Waals surface area contributed by atoms with Gasteiger partial charge in [-0.15, -0.1) is 0 Å². The van der Waals surface area contributed by atoms with Gasteiger partial charge >= 0.3 is 6.16 Å². The van der Waals surface area contributed by atoms with Crippen molar-refractivity contribution in [2.24, 2.45) is 0 Å². The maximum atomic E-state index is 10.2. The van der Waals surface area contributed by atoms with E-state index in [4.69, 9.17) is 5.11 Å². The topological polar surface area (TPSA) is 63.6 Å². The van der Waals surface area contributed by atoms with E-state index in [0.29, 0.717) is 11.8 Å². The van der Waals surface area contributed by atoms with Crippen LogP contribution in [0.3, 0.4) is 0 Å². The molecule has 62 valence electrons. The molecule has 0 atom stereocenters. The molecule has 1 N–H and O–H groups in total. The first-order valence-electron chi connectivity index (χ1n) is 3.18. The number of benzene rings is 1. The molecule has 0 saturated carbocycles. The molecule has 1 aromatic carbocycles. The average molecular weight is 166 g/mol. The second-order valence-electron chi connectivity index (χ2n) is 2.06. The Morgan fingerprint density at radius 3 is 2.83 bits per heavy atom. The van der Waals surface area contributed by atoms with Gasteiger partial charge in [0.05, 0.1) is 0 Å². The first kappa shape index (κ1) is 8.26. The molecule has 4 nitrogen and oxygen atoms in total. The summed E-state index contributed by atoms with van der Waals surface area (Å²) >= 11 is 0. The van der Waals surface area contributed by atoms with Crippen molar-refractivity contribution in [1.82, 2.24) is 0 Å². The van der Waals surface area contributed by atoms with Crippen LogP contribution in [-0.4, -0.2) is 17.5 Å². The fourth-order valence-electron chi connectivity index (χ4n) is 0.752. The van der Waals surface area contributed by atoms with E-state index in [-0.39, 0.29) is 5.75 Å². The zero-order valence-electron chi connectivity index (χ0n) is 6.06. The van der Waals surface area contributed by atoms with Crippen molar-refractivity contribution < 1.29 is 19.4 Å². The summed E-state index contributed by atoms with van der Waals surface area (Å²) in [6.45, 7) is 0. The third-order valence-electron chi connectivity index (χ3n) is 1.20. The minimum Gasteiger partial charge on any atom is -0.449 e. The number of rotatable bonds is 2. The molecule has 0 aliphatic carbocycles. The van der Waals surface area contributed by atoms with E-state index in [1.165, 1.54) is 12.1 Å². The molecule has 1 rings (SSSR count). The molecule has 0 radical (unpaired) electrons. The smallest absolute Gasteiger partial charge is 0.449 e. The summed E-state index contributed by atoms with van der Waals surface area (Å²) in [6.07, 6.45) is -0.771. The van der Waals surface area contributed by atoms with Crippen molar-refractivity contribution >= 4 is 12.4 Å². The van der Waals surface area contributed by atoms with Crippen LogP contribution < -0.4 is 4.74 Å². The van der Waals surface area contributed by atoms with Gasteiger partial charge in [0.1, 0.15) is 12.0 Å². The Bertz CT molecular complexity index is 306. The number of aldehydes is 1. The van der Waals surface area contributed by atoms with E-state index >= 15 is 0 Å². The highest BCUT2D eigenvalue weighted by Gasteiger charge is 2.00. The van der Waals surface area contributed by atoms with Gasteiger partial charge in [-0.05, 0) is 12.1 Å². The maximum absolute atomic E-state index is 10.2. The zero-order chi connectivity index (χ0) is 8.97. The van der Waals surface area contributed by atoms with E-state index in [0.717, 1.165) is 0 Å². The highest BCUT2D eigenvalue weighted by molar-refractivity contribution is 5.76. The van der Waals surface area contributed by atoms with Gasteiger partial charge in [0.2, 0.25) is 0 Å². The van der Waals surface area contributed by atoms with Gasteiger partial charge in [0.25, 0.3) is 0 Å². The summed E-state index contributed by atoms with van der Waals surface area (Å²) in [5.41, 5.74) is 0.383. The van der Waals surface area contributed by atoms with Gasteiger partial charge in [0, 0.05) is 5.56 Å². The Morgan fingerprint density at radius 1 is 1.50 bits per heavy atom. The fraction of sp³-hybridized carbons (Fsp3) is 0. The molecule has 0 spiro atoms. The number of ether oxygens (including phenoxy) is 1. The van der Waals surface area contributed by atoms with E-state index < -0.39 is 6.16 Å². The van der Waals surface area contributed by atoms with E-state index in [2.05, 4.69) is 4.74 Å². The predicted molar refractivity (Wildman–Crippen MR) is 40.5 cm³/mol. The molecule has 0 aromatic heterocycles. The second-order valence-corrected chi connectivity index (χ2v) is 2.06. The van der Waals surface area contributed by atoms with Gasteiger partial charge in [0.15, 0.2) is 0 Å². The summed E-state index contributed by atoms with van der Waals surface area (Å²) in [4.78, 5) is 20.3. The SMILES string of the molecule is O=Cc1cccc(OC(=O)O)c1. The monoisotopic (exact) mass is 166 g/mol. The Balaban J connectivity index is 2.86. The summed E-state index contributed by atoms with van der Waals surface area (Å²) < 4.78 is 4.31. The van der Waals surface area contributed by atoms with Gasteiger partial charge in [-0.1, -0.05) is 12.1 Å². The standard InChI is InChI=1S/C8H6O4/c9-5-6-2-1-3-7(4-6)12-8(10)11/h1-5H,(H,10,11). The maximum Gasteiger partial charge on any atom is 0.511 e. The van der Waals surface area contributed by atoms with Crippen LogP contribution in [0.25, 0.3) is 0 Å². The molecule has 1 aromatic rings. The van der Waals surface area contributed by atoms with Crippen LogP contribution in [-0.2, 0) is 0 Å². The van der Waals surface area contributed by atoms with Crippen LogP contribution in [0.2, 0.25) is 0 Å². The Kier molecular flexibility index (Phi) is 2.42. The number of hydrogen-bond acceptors (Lipinski definition) is 3. The minimum atomic E-state index is -1.39. The molecule has 0 aliphatic heterocycles. The largest absolute Gasteiger partial charge is 0.511 e. The van der Waals surface area contributed by atoms with Crippen LogP contribution in [0.15, 0.2) is 24.3 Å². The Labute approximate surface area is 68.4 Å². The van der Waals surface area contributed by atoms with Crippen molar-refractivity contribution in [1.29, 1.82) is 0 Å². The summed E-state index contributed by atoms with van der Waals surface area (Å²) in [7, 11) is 0. The lowest BCUT2D eigenvalue weighted by Crippen LogP contribution is -2.02. The number of carboxylic acid groups (broad SMARTS) is 1. The highest BCUT2D eigenvalue weighted by Crippen LogP contribution is 2.11. The third kappa shape index (κ3) is 2.09. The number of carbonyl (C=O) groups is 2. The van der Waals surface area contributed by atoms with Gasteiger partial charge in [-0.3, -0.25) is 4.79 Å². The molecule has 0 saturated heterocycles. The summed E-state index contributed by atoms with van der Waals surface area (Å²) in [5, 5.41) is 8.22. The lowest BCUT2D eigenvalue weighted by Gasteiger charge is -1.98. The van der Waals surface area contributed by atoms with Crippen LogP contribution >= 0.6 is 0 Å². The van der Waals surface area contributed by atoms with Crippen LogP contribution in [0.4, 0.5) is 4.79 Å². The van der Waals surface area contributed by atoms with Crippen LogP contribution in [0, 0.1) is 0 Å². The zero-order valence-corrected chi connectivity index (χ0v) is 6.06. The highest BCUT2D eigenvalue weighted by atomic mass is 16.7. The molecule has 0 aliphatic rings. The first-order valence-corrected chi connectivity index (χ1v) is 3.18. The van der Waals surface area contributed by atoms with E-state index in [1.54, 1.807) is 12.1 Å². The molecular formula is C8H6O4. The minimum absolute atomic E-state index is 0.145. The van der Waals surface area contributed by atoms with Gasteiger partial charge in [-0.25, -0.2) is 4.79 Å². The van der Waals surface area contributed by atoms with Crippen LogP contribution in [0.5, 0.6) is 5.75 Å². The van der Waals surface area contributed by atoms with Gasteiger partial charge < -0.3 is 9.84 Å². The van der Waals surface area contributed by atoms with E-state index in [9.17, 15) is 9.59 Å². The normalized spacial score (nSPS) is 9.00. The predicted octanol–water partition coefficient (Wildman–Crippen LogP) is 1.56. The lowest BCUT2D eigenvalue weighted by atomic mass is 10.2. The van der Waals surface area contributed by atoms with Gasteiger partial charge in [-0.2, -0.15) is 0 Å². The molecule has 0 heterocycles. The number of carbonyl (C=O) groups excluding carboxylic acids is 1. The molecule has 0 fully saturated rings. The molecule has 12 heavy (non-hydrogen) atoms. The lowest BCUT2D eigenvalue weighted by molar-refractivity contribution is 0.112. The molecule has 0 unspecified atom stereocenters. The van der Waals surface area contributed by atoms with Crippen molar-refractivity contribution in [2.75, 3.05) is 0 Å². The van der Waals surface area contributed by atoms with Crippen molar-refractivity contribution in [3.05, 3.63) is 29.8 Å². The fourth-order valence-corrected chi connectivity index (χ4v) is 0.752. The molecule has 0 amide bonds. The van der Waals surface area contributed by atoms with Crippen molar-refractivity contribution in [3.8, 4) is 5.75 Å². The van der Waals surface area contributed by atoms with Crippen molar-refractivity contribution in [3.63, 3.8) is 0 Å². The summed E-state index contributed by atoms with van der Waals surface area (Å²) in [5.74, 6) is 0.145. The third-order valence-corrected chi connectivity index (χ3v) is 1.20.